The largest absolute Gasteiger partial charge is 0.480 e. The molecule has 1 unspecified atom stereocenters. The van der Waals surface area contributed by atoms with Crippen molar-refractivity contribution in [2.24, 2.45) is 0 Å². The first-order chi connectivity index (χ1) is 8.54. The average molecular weight is 249 g/mol. The molecule has 0 amide bonds. The zero-order valence-electron chi connectivity index (χ0n) is 10.5. The molecule has 0 aromatic carbocycles. The molecule has 7 nitrogen and oxygen atoms in total. The molecule has 0 aliphatic rings. The van der Waals surface area contributed by atoms with Gasteiger partial charge in [-0.1, -0.05) is 6.92 Å². The van der Waals surface area contributed by atoms with Crippen LogP contribution in [0.15, 0.2) is 12.1 Å². The zero-order chi connectivity index (χ0) is 13.3. The molecule has 0 aliphatic carbocycles. The second kappa shape index (κ2) is 4.59. The number of aliphatic carboxylic acids is 1. The Morgan fingerprint density at radius 1 is 1.50 bits per heavy atom. The number of carboxylic acid groups (broad SMARTS) is 1. The fourth-order valence-electron chi connectivity index (χ4n) is 1.60. The monoisotopic (exact) mass is 249 g/mol. The highest BCUT2D eigenvalue weighted by molar-refractivity contribution is 5.76. The van der Waals surface area contributed by atoms with Crippen LogP contribution in [0.25, 0.3) is 5.65 Å². The van der Waals surface area contributed by atoms with Gasteiger partial charge in [-0.15, -0.1) is 15.3 Å². The lowest BCUT2D eigenvalue weighted by atomic mass is 10.3. The first-order valence-electron chi connectivity index (χ1n) is 5.71. The van der Waals surface area contributed by atoms with Gasteiger partial charge in [0.25, 0.3) is 0 Å². The summed E-state index contributed by atoms with van der Waals surface area (Å²) in [5, 5.41) is 21.3. The highest BCUT2D eigenvalue weighted by Crippen LogP contribution is 2.13. The Kier molecular flexibility index (Phi) is 3.14. The summed E-state index contributed by atoms with van der Waals surface area (Å²) in [4.78, 5) is 12.5. The predicted molar refractivity (Wildman–Crippen MR) is 65.7 cm³/mol. The molecule has 1 N–H and O–H groups in total. The molecule has 0 fully saturated rings. The minimum Gasteiger partial charge on any atom is -0.480 e. The standard InChI is InChI=1S/C11H15N5O2/c1-4-8-12-13-9-5-6-10(14-16(8)9)15(3)7(2)11(17)18/h5-7H,4H2,1-3H3,(H,17,18). The van der Waals surface area contributed by atoms with Crippen molar-refractivity contribution in [3.05, 3.63) is 18.0 Å². The van der Waals surface area contributed by atoms with Gasteiger partial charge < -0.3 is 10.0 Å². The normalized spacial score (nSPS) is 12.6. The van der Waals surface area contributed by atoms with Crippen molar-refractivity contribution in [3.63, 3.8) is 0 Å². The summed E-state index contributed by atoms with van der Waals surface area (Å²) >= 11 is 0. The van der Waals surface area contributed by atoms with Gasteiger partial charge in [0.2, 0.25) is 0 Å². The van der Waals surface area contributed by atoms with Crippen molar-refractivity contribution in [1.29, 1.82) is 0 Å². The van der Waals surface area contributed by atoms with Gasteiger partial charge in [0, 0.05) is 13.5 Å². The van der Waals surface area contributed by atoms with Gasteiger partial charge in [-0.2, -0.15) is 4.52 Å². The van der Waals surface area contributed by atoms with Crippen molar-refractivity contribution in [3.8, 4) is 0 Å². The van der Waals surface area contributed by atoms with Gasteiger partial charge in [-0.25, -0.2) is 4.79 Å². The van der Waals surface area contributed by atoms with E-state index in [1.165, 1.54) is 0 Å². The molecule has 0 saturated carbocycles. The molecule has 18 heavy (non-hydrogen) atoms. The Bertz CT molecular complexity index is 580. The van der Waals surface area contributed by atoms with Crippen molar-refractivity contribution in [2.45, 2.75) is 26.3 Å². The average Bonchev–Trinajstić information content (AvgIpc) is 2.78. The molecular weight excluding hydrogens is 234 g/mol. The van der Waals surface area contributed by atoms with E-state index >= 15 is 0 Å². The molecule has 7 heteroatoms. The number of carboxylic acids is 1. The summed E-state index contributed by atoms with van der Waals surface area (Å²) < 4.78 is 1.64. The molecular formula is C11H15N5O2. The van der Waals surface area contributed by atoms with E-state index in [0.717, 1.165) is 12.2 Å². The van der Waals surface area contributed by atoms with Crippen molar-refractivity contribution < 1.29 is 9.90 Å². The van der Waals surface area contributed by atoms with E-state index in [0.29, 0.717) is 11.5 Å². The van der Waals surface area contributed by atoms with Crippen LogP contribution in [-0.4, -0.2) is 44.0 Å². The third-order valence-corrected chi connectivity index (χ3v) is 2.93. The van der Waals surface area contributed by atoms with Crippen molar-refractivity contribution >= 4 is 17.4 Å². The van der Waals surface area contributed by atoms with Gasteiger partial charge in [0.05, 0.1) is 0 Å². The Labute approximate surface area is 104 Å². The van der Waals surface area contributed by atoms with E-state index in [2.05, 4.69) is 15.3 Å². The van der Waals surface area contributed by atoms with Gasteiger partial charge in [-0.3, -0.25) is 0 Å². The summed E-state index contributed by atoms with van der Waals surface area (Å²) in [6, 6.07) is 2.87. The molecule has 0 bridgehead atoms. The molecule has 1 atom stereocenters. The number of aryl methyl sites for hydroxylation is 1. The Morgan fingerprint density at radius 2 is 2.22 bits per heavy atom. The minimum atomic E-state index is -0.890. The number of likely N-dealkylation sites (N-methyl/N-ethyl adjacent to an activating group) is 1. The number of carbonyl (C=O) groups is 1. The van der Waals surface area contributed by atoms with E-state index in [9.17, 15) is 4.79 Å². The number of hydrogen-bond donors (Lipinski definition) is 1. The van der Waals surface area contributed by atoms with Crippen LogP contribution in [0.2, 0.25) is 0 Å². The first-order valence-corrected chi connectivity index (χ1v) is 5.71. The number of anilines is 1. The summed E-state index contributed by atoms with van der Waals surface area (Å²) in [5.41, 5.74) is 0.659. The number of aromatic nitrogens is 4. The topological polar surface area (TPSA) is 83.6 Å². The van der Waals surface area contributed by atoms with E-state index in [-0.39, 0.29) is 0 Å². The maximum absolute atomic E-state index is 10.9. The molecule has 2 aromatic rings. The highest BCUT2D eigenvalue weighted by Gasteiger charge is 2.19. The fraction of sp³-hybridized carbons (Fsp3) is 0.455. The van der Waals surface area contributed by atoms with Crippen molar-refractivity contribution in [2.75, 3.05) is 11.9 Å². The minimum absolute atomic E-state index is 0.576. The van der Waals surface area contributed by atoms with Crippen LogP contribution in [0.1, 0.15) is 19.7 Å². The van der Waals surface area contributed by atoms with Gasteiger partial charge in [-0.05, 0) is 19.1 Å². The predicted octanol–water partition coefficient (Wildman–Crippen LogP) is 0.596. The van der Waals surface area contributed by atoms with Crippen LogP contribution >= 0.6 is 0 Å². The molecule has 96 valence electrons. The summed E-state index contributed by atoms with van der Waals surface area (Å²) in [5.74, 6) is 0.439. The molecule has 0 aliphatic heterocycles. The quantitative estimate of drug-likeness (QED) is 0.854. The molecule has 2 rings (SSSR count). The van der Waals surface area contributed by atoms with Crippen LogP contribution in [0.4, 0.5) is 5.82 Å². The number of nitrogens with zero attached hydrogens (tertiary/aromatic N) is 5. The van der Waals surface area contributed by atoms with Crippen LogP contribution in [0.5, 0.6) is 0 Å². The number of rotatable bonds is 4. The molecule has 0 saturated heterocycles. The molecule has 2 heterocycles. The third-order valence-electron chi connectivity index (χ3n) is 2.93. The van der Waals surface area contributed by atoms with Crippen LogP contribution in [0, 0.1) is 0 Å². The van der Waals surface area contributed by atoms with Crippen LogP contribution in [-0.2, 0) is 11.2 Å². The van der Waals surface area contributed by atoms with Gasteiger partial charge >= 0.3 is 5.97 Å². The molecule has 0 spiro atoms. The van der Waals surface area contributed by atoms with E-state index < -0.39 is 12.0 Å². The molecule has 2 aromatic heterocycles. The summed E-state index contributed by atoms with van der Waals surface area (Å²) in [7, 11) is 1.70. The smallest absolute Gasteiger partial charge is 0.326 e. The first kappa shape index (κ1) is 12.3. The lowest BCUT2D eigenvalue weighted by Crippen LogP contribution is -2.36. The molecule has 0 radical (unpaired) electrons. The van der Waals surface area contributed by atoms with Gasteiger partial charge in [0.15, 0.2) is 11.5 Å². The SMILES string of the molecule is CCc1nnc2ccc(N(C)C(C)C(=O)O)nn12. The third kappa shape index (κ3) is 1.99. The fourth-order valence-corrected chi connectivity index (χ4v) is 1.60. The number of hydrogen-bond acceptors (Lipinski definition) is 5. The summed E-state index contributed by atoms with van der Waals surface area (Å²) in [6.45, 7) is 3.58. The Balaban J connectivity index is 2.42. The maximum atomic E-state index is 10.9. The van der Waals surface area contributed by atoms with Crippen molar-refractivity contribution in [1.82, 2.24) is 19.8 Å². The van der Waals surface area contributed by atoms with E-state index in [1.54, 1.807) is 35.5 Å². The second-order valence-electron chi connectivity index (χ2n) is 4.06. The van der Waals surface area contributed by atoms with E-state index in [4.69, 9.17) is 5.11 Å². The number of fused-ring (bicyclic) bond motifs is 1. The maximum Gasteiger partial charge on any atom is 0.326 e. The van der Waals surface area contributed by atoms with E-state index in [1.807, 2.05) is 6.92 Å². The lowest BCUT2D eigenvalue weighted by molar-refractivity contribution is -0.138. The Morgan fingerprint density at radius 3 is 2.83 bits per heavy atom. The summed E-state index contributed by atoms with van der Waals surface area (Å²) in [6.07, 6.45) is 0.718. The van der Waals surface area contributed by atoms with Gasteiger partial charge in [0.1, 0.15) is 11.9 Å². The lowest BCUT2D eigenvalue weighted by Gasteiger charge is -2.22. The highest BCUT2D eigenvalue weighted by atomic mass is 16.4. The van der Waals surface area contributed by atoms with Crippen LogP contribution in [0.3, 0.4) is 0 Å². The second-order valence-corrected chi connectivity index (χ2v) is 4.06. The van der Waals surface area contributed by atoms with Crippen LogP contribution < -0.4 is 4.90 Å². The Hall–Kier alpha value is -2.18. The zero-order valence-corrected chi connectivity index (χ0v) is 10.5.